The first-order chi connectivity index (χ1) is 6.62. The van der Waals surface area contributed by atoms with Crippen LogP contribution in [0.4, 0.5) is 0 Å². The molecule has 5 nitrogen and oxygen atoms in total. The van der Waals surface area contributed by atoms with Crippen LogP contribution in [-0.2, 0) is 14.8 Å². The first-order valence-corrected chi connectivity index (χ1v) is 6.47. The quantitative estimate of drug-likeness (QED) is 0.670. The van der Waals surface area contributed by atoms with E-state index in [0.717, 1.165) is 0 Å². The van der Waals surface area contributed by atoms with E-state index in [9.17, 15) is 13.2 Å². The minimum absolute atomic E-state index is 0.0158. The van der Waals surface area contributed by atoms with Gasteiger partial charge in [-0.15, -0.1) is 0 Å². The zero-order chi connectivity index (χ0) is 12.1. The van der Waals surface area contributed by atoms with Gasteiger partial charge < -0.3 is 5.11 Å². The number of rotatable bonds is 6. The van der Waals surface area contributed by atoms with Crippen LogP contribution >= 0.6 is 0 Å². The number of aliphatic carboxylic acids is 1. The van der Waals surface area contributed by atoms with Gasteiger partial charge in [-0.05, 0) is 11.8 Å². The third kappa shape index (κ3) is 9.68. The van der Waals surface area contributed by atoms with Crippen molar-refractivity contribution in [1.82, 2.24) is 4.72 Å². The summed E-state index contributed by atoms with van der Waals surface area (Å²) < 4.78 is 25.2. The van der Waals surface area contributed by atoms with Gasteiger partial charge in [0.15, 0.2) is 0 Å². The minimum Gasteiger partial charge on any atom is -0.481 e. The maximum absolute atomic E-state index is 11.4. The van der Waals surface area contributed by atoms with Crippen molar-refractivity contribution in [2.75, 3.05) is 12.3 Å². The Bertz CT molecular complexity index is 303. The molecule has 0 bridgehead atoms. The molecule has 0 aliphatic carbocycles. The van der Waals surface area contributed by atoms with Crippen LogP contribution in [0.1, 0.15) is 33.6 Å². The number of carboxylic acids is 1. The topological polar surface area (TPSA) is 83.5 Å². The summed E-state index contributed by atoms with van der Waals surface area (Å²) in [7, 11) is -3.28. The molecule has 0 saturated carbocycles. The van der Waals surface area contributed by atoms with Gasteiger partial charge in [-0.1, -0.05) is 20.8 Å². The molecule has 90 valence electrons. The second kappa shape index (κ2) is 5.46. The van der Waals surface area contributed by atoms with Gasteiger partial charge in [0.05, 0.1) is 5.75 Å². The van der Waals surface area contributed by atoms with E-state index in [1.807, 2.05) is 20.8 Å². The second-order valence-corrected chi connectivity index (χ2v) is 6.52. The minimum atomic E-state index is -3.28. The zero-order valence-corrected chi connectivity index (χ0v) is 10.2. The Morgan fingerprint density at radius 1 is 1.33 bits per heavy atom. The Hall–Kier alpha value is -0.620. The van der Waals surface area contributed by atoms with E-state index >= 15 is 0 Å². The van der Waals surface area contributed by atoms with Crippen LogP contribution in [0.3, 0.4) is 0 Å². The molecule has 0 rings (SSSR count). The van der Waals surface area contributed by atoms with Crippen molar-refractivity contribution in [3.05, 3.63) is 0 Å². The smallest absolute Gasteiger partial charge is 0.303 e. The Labute approximate surface area is 90.9 Å². The molecule has 6 heteroatoms. The predicted octanol–water partition coefficient (Wildman–Crippen LogP) is 0.817. The number of sulfonamides is 1. The molecule has 0 aliphatic heterocycles. The predicted molar refractivity (Wildman–Crippen MR) is 58.1 cm³/mol. The summed E-state index contributed by atoms with van der Waals surface area (Å²) in [5, 5.41) is 8.35. The van der Waals surface area contributed by atoms with E-state index in [1.165, 1.54) is 0 Å². The van der Waals surface area contributed by atoms with Gasteiger partial charge in [-0.25, -0.2) is 13.1 Å². The monoisotopic (exact) mass is 237 g/mol. The molecular formula is C9H19NO4S. The molecule has 0 fully saturated rings. The third-order valence-corrected chi connectivity index (χ3v) is 3.40. The van der Waals surface area contributed by atoms with Crippen LogP contribution in [0.2, 0.25) is 0 Å². The van der Waals surface area contributed by atoms with Gasteiger partial charge >= 0.3 is 5.97 Å². The molecule has 0 unspecified atom stereocenters. The Morgan fingerprint density at radius 2 is 1.87 bits per heavy atom. The SMILES string of the molecule is CC(C)(C)CS(=O)(=O)NCCCC(=O)O. The van der Waals surface area contributed by atoms with Crippen LogP contribution < -0.4 is 4.72 Å². The van der Waals surface area contributed by atoms with Crippen LogP contribution in [0, 0.1) is 5.41 Å². The van der Waals surface area contributed by atoms with E-state index in [0.29, 0.717) is 6.42 Å². The summed E-state index contributed by atoms with van der Waals surface area (Å²) in [6.45, 7) is 5.70. The van der Waals surface area contributed by atoms with Crippen LogP contribution in [0.25, 0.3) is 0 Å². The van der Waals surface area contributed by atoms with Crippen LogP contribution in [0.15, 0.2) is 0 Å². The van der Waals surface area contributed by atoms with Crippen LogP contribution in [0.5, 0.6) is 0 Å². The highest BCUT2D eigenvalue weighted by molar-refractivity contribution is 7.89. The Morgan fingerprint density at radius 3 is 2.27 bits per heavy atom. The van der Waals surface area contributed by atoms with Gasteiger partial charge in [0.1, 0.15) is 0 Å². The Balaban J connectivity index is 3.91. The molecule has 0 aromatic carbocycles. The Kier molecular flexibility index (Phi) is 5.23. The van der Waals surface area contributed by atoms with Gasteiger partial charge in [0.2, 0.25) is 10.0 Å². The summed E-state index contributed by atoms with van der Waals surface area (Å²) in [6.07, 6.45) is 0.302. The maximum Gasteiger partial charge on any atom is 0.303 e. The van der Waals surface area contributed by atoms with Crippen molar-refractivity contribution in [3.63, 3.8) is 0 Å². The lowest BCUT2D eigenvalue weighted by Crippen LogP contribution is -2.33. The third-order valence-electron chi connectivity index (χ3n) is 1.51. The molecule has 15 heavy (non-hydrogen) atoms. The zero-order valence-electron chi connectivity index (χ0n) is 9.41. The first-order valence-electron chi connectivity index (χ1n) is 4.81. The fourth-order valence-electron chi connectivity index (χ4n) is 1.09. The molecule has 0 saturated heterocycles. The lowest BCUT2D eigenvalue weighted by molar-refractivity contribution is -0.137. The fraction of sp³-hybridized carbons (Fsp3) is 0.889. The van der Waals surface area contributed by atoms with E-state index in [2.05, 4.69) is 4.72 Å². The standard InChI is InChI=1S/C9H19NO4S/c1-9(2,3)7-15(13,14)10-6-4-5-8(11)12/h10H,4-7H2,1-3H3,(H,11,12). The maximum atomic E-state index is 11.4. The van der Waals surface area contributed by atoms with Crippen molar-refractivity contribution in [2.24, 2.45) is 5.41 Å². The van der Waals surface area contributed by atoms with Crippen LogP contribution in [-0.4, -0.2) is 31.8 Å². The summed E-state index contributed by atoms with van der Waals surface area (Å²) >= 11 is 0. The van der Waals surface area contributed by atoms with Crippen molar-refractivity contribution in [1.29, 1.82) is 0 Å². The number of hydrogen-bond donors (Lipinski definition) is 2. The van der Waals surface area contributed by atoms with E-state index in [1.54, 1.807) is 0 Å². The first kappa shape index (κ1) is 14.4. The number of carboxylic acid groups (broad SMARTS) is 1. The summed E-state index contributed by atoms with van der Waals surface area (Å²) in [4.78, 5) is 10.2. The molecule has 0 heterocycles. The van der Waals surface area contributed by atoms with Gasteiger partial charge in [0.25, 0.3) is 0 Å². The highest BCUT2D eigenvalue weighted by atomic mass is 32.2. The van der Waals surface area contributed by atoms with Gasteiger partial charge in [0, 0.05) is 13.0 Å². The van der Waals surface area contributed by atoms with Gasteiger partial charge in [-0.3, -0.25) is 4.79 Å². The average Bonchev–Trinajstić information content (AvgIpc) is 1.93. The number of carbonyl (C=O) groups is 1. The summed E-state index contributed by atoms with van der Waals surface area (Å²) in [6, 6.07) is 0. The molecule has 0 aromatic rings. The number of hydrogen-bond acceptors (Lipinski definition) is 3. The molecular weight excluding hydrogens is 218 g/mol. The van der Waals surface area contributed by atoms with Crippen molar-refractivity contribution in [3.8, 4) is 0 Å². The molecule has 0 atom stereocenters. The van der Waals surface area contributed by atoms with Crippen molar-refractivity contribution < 1.29 is 18.3 Å². The second-order valence-electron chi connectivity index (χ2n) is 4.71. The van der Waals surface area contributed by atoms with Gasteiger partial charge in [-0.2, -0.15) is 0 Å². The molecule has 0 radical (unpaired) electrons. The summed E-state index contributed by atoms with van der Waals surface area (Å²) in [5.74, 6) is -0.863. The molecule has 2 N–H and O–H groups in total. The van der Waals surface area contributed by atoms with E-state index in [4.69, 9.17) is 5.11 Å². The summed E-state index contributed by atoms with van der Waals surface area (Å²) in [5.41, 5.74) is -0.293. The van der Waals surface area contributed by atoms with E-state index < -0.39 is 16.0 Å². The van der Waals surface area contributed by atoms with E-state index in [-0.39, 0.29) is 24.1 Å². The fourth-order valence-corrected chi connectivity index (χ4v) is 2.79. The molecule has 0 amide bonds. The lowest BCUT2D eigenvalue weighted by atomic mass is 10.0. The largest absolute Gasteiger partial charge is 0.481 e. The molecule has 0 spiro atoms. The van der Waals surface area contributed by atoms with Crippen molar-refractivity contribution >= 4 is 16.0 Å². The lowest BCUT2D eigenvalue weighted by Gasteiger charge is -2.18. The highest BCUT2D eigenvalue weighted by Gasteiger charge is 2.20. The van der Waals surface area contributed by atoms with Crippen molar-refractivity contribution in [2.45, 2.75) is 33.6 Å². The highest BCUT2D eigenvalue weighted by Crippen LogP contribution is 2.15. The average molecular weight is 237 g/mol. The number of nitrogens with one attached hydrogen (secondary N) is 1. The normalized spacial score (nSPS) is 12.7. The molecule has 0 aromatic heterocycles. The molecule has 0 aliphatic rings.